The Balaban J connectivity index is 2.04. The molecule has 4 heteroatoms. The highest BCUT2D eigenvalue weighted by Crippen LogP contribution is 2.27. The van der Waals surface area contributed by atoms with Crippen LogP contribution in [0.15, 0.2) is 34.1 Å². The summed E-state index contributed by atoms with van der Waals surface area (Å²) in [4.78, 5) is 12.8. The normalized spacial score (nSPS) is 10.5. The Kier molecular flexibility index (Phi) is 4.77. The fraction of sp³-hybridized carbons (Fsp3) is 0.267. The summed E-state index contributed by atoms with van der Waals surface area (Å²) >= 11 is 4.91. The van der Waals surface area contributed by atoms with Gasteiger partial charge >= 0.3 is 0 Å². The Morgan fingerprint density at radius 1 is 1.32 bits per heavy atom. The third-order valence-electron chi connectivity index (χ3n) is 3.02. The lowest BCUT2D eigenvalue weighted by Gasteiger charge is -2.08. The van der Waals surface area contributed by atoms with Crippen molar-refractivity contribution in [3.63, 3.8) is 0 Å². The lowest BCUT2D eigenvalue weighted by molar-refractivity contribution is 0.0955. The van der Waals surface area contributed by atoms with Gasteiger partial charge in [0.25, 0.3) is 5.91 Å². The second-order valence-corrected chi connectivity index (χ2v) is 6.74. The van der Waals surface area contributed by atoms with Gasteiger partial charge in [-0.15, -0.1) is 11.3 Å². The first-order valence-electron chi connectivity index (χ1n) is 6.22. The summed E-state index contributed by atoms with van der Waals surface area (Å²) < 4.78 is 1.02. The van der Waals surface area contributed by atoms with Gasteiger partial charge < -0.3 is 5.32 Å². The van der Waals surface area contributed by atoms with Crippen LogP contribution in [0.2, 0.25) is 0 Å². The van der Waals surface area contributed by atoms with Crippen LogP contribution in [0.1, 0.15) is 33.3 Å². The second-order valence-electron chi connectivity index (χ2n) is 4.37. The van der Waals surface area contributed by atoms with Gasteiger partial charge in [-0.25, -0.2) is 0 Å². The molecule has 0 bridgehead atoms. The molecule has 0 fully saturated rings. The fourth-order valence-electron chi connectivity index (χ4n) is 1.91. The van der Waals surface area contributed by atoms with Crippen molar-refractivity contribution in [3.8, 4) is 0 Å². The van der Waals surface area contributed by atoms with Crippen LogP contribution in [0.3, 0.4) is 0 Å². The number of nitrogens with one attached hydrogen (secondary N) is 1. The van der Waals surface area contributed by atoms with Gasteiger partial charge in [-0.05, 0) is 52.0 Å². The molecule has 1 aromatic carbocycles. The van der Waals surface area contributed by atoms with E-state index < -0.39 is 0 Å². The number of halogens is 1. The zero-order valence-corrected chi connectivity index (χ0v) is 13.4. The lowest BCUT2D eigenvalue weighted by Crippen LogP contribution is -2.22. The van der Waals surface area contributed by atoms with Crippen LogP contribution in [-0.4, -0.2) is 5.91 Å². The molecule has 0 aliphatic rings. The van der Waals surface area contributed by atoms with Crippen molar-refractivity contribution in [3.05, 3.63) is 55.7 Å². The van der Waals surface area contributed by atoms with E-state index in [4.69, 9.17) is 0 Å². The highest BCUT2D eigenvalue weighted by atomic mass is 79.9. The first-order chi connectivity index (χ1) is 9.11. The van der Waals surface area contributed by atoms with Crippen LogP contribution in [0.4, 0.5) is 0 Å². The van der Waals surface area contributed by atoms with Crippen molar-refractivity contribution < 1.29 is 4.79 Å². The van der Waals surface area contributed by atoms with Crippen molar-refractivity contribution in [2.45, 2.75) is 26.8 Å². The Morgan fingerprint density at radius 3 is 2.58 bits per heavy atom. The van der Waals surface area contributed by atoms with E-state index in [-0.39, 0.29) is 5.91 Å². The smallest absolute Gasteiger partial charge is 0.261 e. The van der Waals surface area contributed by atoms with E-state index in [0.717, 1.165) is 20.6 Å². The highest BCUT2D eigenvalue weighted by molar-refractivity contribution is 9.11. The number of carbonyl (C=O) groups is 1. The SMILES string of the molecule is CCc1ccccc1CNC(=O)c1cc(C)c(Br)s1. The first-order valence-corrected chi connectivity index (χ1v) is 7.83. The van der Waals surface area contributed by atoms with E-state index >= 15 is 0 Å². The van der Waals surface area contributed by atoms with Gasteiger partial charge in [0.2, 0.25) is 0 Å². The minimum Gasteiger partial charge on any atom is -0.347 e. The predicted octanol–water partition coefficient (Wildman–Crippen LogP) is 4.31. The molecule has 0 radical (unpaired) electrons. The molecule has 2 aromatic rings. The molecule has 0 saturated carbocycles. The maximum absolute atomic E-state index is 12.1. The van der Waals surface area contributed by atoms with Gasteiger partial charge in [-0.2, -0.15) is 0 Å². The molecule has 0 aliphatic carbocycles. The highest BCUT2D eigenvalue weighted by Gasteiger charge is 2.11. The average molecular weight is 338 g/mol. The Labute approximate surface area is 126 Å². The topological polar surface area (TPSA) is 29.1 Å². The van der Waals surface area contributed by atoms with E-state index in [1.807, 2.05) is 25.1 Å². The monoisotopic (exact) mass is 337 g/mol. The summed E-state index contributed by atoms with van der Waals surface area (Å²) in [6.07, 6.45) is 0.982. The number of aryl methyl sites for hydroxylation is 2. The molecule has 0 spiro atoms. The zero-order valence-electron chi connectivity index (χ0n) is 11.0. The molecule has 0 unspecified atom stereocenters. The van der Waals surface area contributed by atoms with Gasteiger partial charge in [-0.3, -0.25) is 4.79 Å². The Bertz CT molecular complexity index is 572. The first kappa shape index (κ1) is 14.3. The van der Waals surface area contributed by atoms with Crippen LogP contribution in [-0.2, 0) is 13.0 Å². The molecule has 1 heterocycles. The summed E-state index contributed by atoms with van der Waals surface area (Å²) in [7, 11) is 0. The molecule has 2 rings (SSSR count). The molecule has 19 heavy (non-hydrogen) atoms. The number of carbonyl (C=O) groups excluding carboxylic acids is 1. The van der Waals surface area contributed by atoms with Gasteiger partial charge in [-0.1, -0.05) is 31.2 Å². The minimum atomic E-state index is -0.00953. The van der Waals surface area contributed by atoms with Gasteiger partial charge in [0.05, 0.1) is 8.66 Å². The second kappa shape index (κ2) is 6.35. The van der Waals surface area contributed by atoms with Crippen LogP contribution in [0.25, 0.3) is 0 Å². The van der Waals surface area contributed by atoms with E-state index in [1.165, 1.54) is 22.5 Å². The van der Waals surface area contributed by atoms with E-state index in [2.05, 4.69) is 40.3 Å². The maximum Gasteiger partial charge on any atom is 0.261 e. The summed E-state index contributed by atoms with van der Waals surface area (Å²) in [6.45, 7) is 4.70. The van der Waals surface area contributed by atoms with Crippen molar-refractivity contribution in [1.82, 2.24) is 5.32 Å². The molecule has 1 amide bonds. The van der Waals surface area contributed by atoms with Crippen LogP contribution < -0.4 is 5.32 Å². The maximum atomic E-state index is 12.1. The fourth-order valence-corrected chi connectivity index (χ4v) is 3.36. The van der Waals surface area contributed by atoms with Crippen molar-refractivity contribution in [2.24, 2.45) is 0 Å². The van der Waals surface area contributed by atoms with Gasteiger partial charge in [0, 0.05) is 6.54 Å². The summed E-state index contributed by atoms with van der Waals surface area (Å²) in [5.41, 5.74) is 3.57. The van der Waals surface area contributed by atoms with Crippen molar-refractivity contribution >= 4 is 33.2 Å². The number of benzene rings is 1. The van der Waals surface area contributed by atoms with Crippen LogP contribution >= 0.6 is 27.3 Å². The summed E-state index contributed by atoms with van der Waals surface area (Å²) in [6, 6.07) is 10.1. The predicted molar refractivity (Wildman–Crippen MR) is 83.7 cm³/mol. The molecule has 0 saturated heterocycles. The third-order valence-corrected chi connectivity index (χ3v) is 5.16. The van der Waals surface area contributed by atoms with E-state index in [9.17, 15) is 4.79 Å². The van der Waals surface area contributed by atoms with Crippen LogP contribution in [0.5, 0.6) is 0 Å². The number of hydrogen-bond acceptors (Lipinski definition) is 2. The van der Waals surface area contributed by atoms with Crippen LogP contribution in [0, 0.1) is 6.92 Å². The molecule has 2 nitrogen and oxygen atoms in total. The van der Waals surface area contributed by atoms with E-state index in [0.29, 0.717) is 6.54 Å². The molecule has 1 N–H and O–H groups in total. The number of thiophene rings is 1. The summed E-state index contributed by atoms with van der Waals surface area (Å²) in [5, 5.41) is 2.98. The zero-order chi connectivity index (χ0) is 13.8. The minimum absolute atomic E-state index is 0.00953. The van der Waals surface area contributed by atoms with Gasteiger partial charge in [0.15, 0.2) is 0 Å². The molecular weight excluding hydrogens is 322 g/mol. The van der Waals surface area contributed by atoms with Crippen molar-refractivity contribution in [1.29, 1.82) is 0 Å². The molecule has 0 aliphatic heterocycles. The molecule has 100 valence electrons. The number of rotatable bonds is 4. The van der Waals surface area contributed by atoms with E-state index in [1.54, 1.807) is 0 Å². The van der Waals surface area contributed by atoms with Crippen molar-refractivity contribution in [2.75, 3.05) is 0 Å². The Hall–Kier alpha value is -1.13. The molecule has 0 atom stereocenters. The van der Waals surface area contributed by atoms with Gasteiger partial charge in [0.1, 0.15) is 0 Å². The lowest BCUT2D eigenvalue weighted by atomic mass is 10.1. The Morgan fingerprint density at radius 2 is 2.00 bits per heavy atom. The largest absolute Gasteiger partial charge is 0.347 e. The number of amides is 1. The average Bonchev–Trinajstić information content (AvgIpc) is 2.76. The number of hydrogen-bond donors (Lipinski definition) is 1. The molecular formula is C15H16BrNOS. The summed E-state index contributed by atoms with van der Waals surface area (Å²) in [5.74, 6) is -0.00953. The quantitative estimate of drug-likeness (QED) is 0.884. The standard InChI is InChI=1S/C15H16BrNOS/c1-3-11-6-4-5-7-12(11)9-17-15(18)13-8-10(2)14(16)19-13/h4-8H,3,9H2,1-2H3,(H,17,18). The third kappa shape index (κ3) is 3.45. The molecule has 1 aromatic heterocycles.